The number of ether oxygens (including phenoxy) is 1. The fourth-order valence-electron chi connectivity index (χ4n) is 3.56. The van der Waals surface area contributed by atoms with Crippen LogP contribution in [0.2, 0.25) is 0 Å². The van der Waals surface area contributed by atoms with E-state index in [1.54, 1.807) is 12.3 Å². The molecule has 2 aliphatic rings. The summed E-state index contributed by atoms with van der Waals surface area (Å²) in [6.07, 6.45) is 1.91. The number of hydrazine groups is 1. The number of hydrogen-bond acceptors (Lipinski definition) is 8. The predicted octanol–water partition coefficient (Wildman–Crippen LogP) is -0.247. The lowest BCUT2D eigenvalue weighted by Gasteiger charge is -2.35. The van der Waals surface area contributed by atoms with Crippen molar-refractivity contribution < 1.29 is 14.3 Å². The van der Waals surface area contributed by atoms with E-state index in [0.29, 0.717) is 57.9 Å². The van der Waals surface area contributed by atoms with E-state index in [1.165, 1.54) is 0 Å². The molecule has 2 fully saturated rings. The second-order valence-corrected chi connectivity index (χ2v) is 8.64. The second kappa shape index (κ2) is 11.4. The van der Waals surface area contributed by atoms with Crippen molar-refractivity contribution in [3.8, 4) is 6.07 Å². The van der Waals surface area contributed by atoms with Gasteiger partial charge in [0, 0.05) is 51.0 Å². The SMILES string of the molecule is C[C@@H](COCCC(=O)N1CCN(c2ccc(C#N)cn2)CC1)NC1CNNC(=O)C1Br. The Bertz CT molecular complexity index is 793. The lowest BCUT2D eigenvalue weighted by Crippen LogP contribution is -2.62. The van der Waals surface area contributed by atoms with Crippen LogP contribution in [0.5, 0.6) is 0 Å². The second-order valence-electron chi connectivity index (χ2n) is 7.66. The van der Waals surface area contributed by atoms with Gasteiger partial charge in [0.15, 0.2) is 0 Å². The van der Waals surface area contributed by atoms with Crippen LogP contribution in [-0.2, 0) is 14.3 Å². The van der Waals surface area contributed by atoms with Crippen molar-refractivity contribution in [2.45, 2.75) is 30.3 Å². The number of anilines is 1. The van der Waals surface area contributed by atoms with E-state index in [9.17, 15) is 9.59 Å². The number of hydrogen-bond donors (Lipinski definition) is 3. The zero-order valence-corrected chi connectivity index (χ0v) is 19.1. The number of alkyl halides is 1. The molecule has 168 valence electrons. The summed E-state index contributed by atoms with van der Waals surface area (Å²) in [7, 11) is 0. The molecular weight excluding hydrogens is 466 g/mol. The van der Waals surface area contributed by atoms with Gasteiger partial charge in [-0.3, -0.25) is 15.0 Å². The van der Waals surface area contributed by atoms with Crippen molar-refractivity contribution in [2.75, 3.05) is 50.8 Å². The molecular formula is C20H28BrN7O3. The van der Waals surface area contributed by atoms with Gasteiger partial charge in [-0.2, -0.15) is 5.26 Å². The normalized spacial score (nSPS) is 22.5. The van der Waals surface area contributed by atoms with E-state index >= 15 is 0 Å². The van der Waals surface area contributed by atoms with Crippen molar-refractivity contribution in [3.05, 3.63) is 23.9 Å². The minimum Gasteiger partial charge on any atom is -0.379 e. The number of piperazine rings is 1. The molecule has 0 aliphatic carbocycles. The van der Waals surface area contributed by atoms with E-state index < -0.39 is 0 Å². The molecule has 11 heteroatoms. The molecule has 31 heavy (non-hydrogen) atoms. The highest BCUT2D eigenvalue weighted by atomic mass is 79.9. The van der Waals surface area contributed by atoms with Gasteiger partial charge in [0.2, 0.25) is 11.8 Å². The summed E-state index contributed by atoms with van der Waals surface area (Å²) in [5, 5.41) is 12.2. The first-order chi connectivity index (χ1) is 15.0. The number of amides is 2. The largest absolute Gasteiger partial charge is 0.379 e. The summed E-state index contributed by atoms with van der Waals surface area (Å²) in [5.74, 6) is 0.812. The van der Waals surface area contributed by atoms with Crippen LogP contribution in [0.15, 0.2) is 18.3 Å². The van der Waals surface area contributed by atoms with Gasteiger partial charge >= 0.3 is 0 Å². The first kappa shape index (κ1) is 23.4. The number of halogens is 1. The Kier molecular flexibility index (Phi) is 8.60. The van der Waals surface area contributed by atoms with Crippen LogP contribution in [0.1, 0.15) is 18.9 Å². The Balaban J connectivity index is 1.31. The van der Waals surface area contributed by atoms with E-state index in [2.05, 4.69) is 48.1 Å². The molecule has 2 saturated heterocycles. The summed E-state index contributed by atoms with van der Waals surface area (Å²) in [6.45, 7) is 6.14. The fraction of sp³-hybridized carbons (Fsp3) is 0.600. The highest BCUT2D eigenvalue weighted by Crippen LogP contribution is 2.14. The number of nitrogens with one attached hydrogen (secondary N) is 3. The van der Waals surface area contributed by atoms with Gasteiger partial charge in [0.05, 0.1) is 25.2 Å². The molecule has 0 bridgehead atoms. The number of pyridine rings is 1. The lowest BCUT2D eigenvalue weighted by atomic mass is 10.1. The first-order valence-corrected chi connectivity index (χ1v) is 11.3. The van der Waals surface area contributed by atoms with Crippen molar-refractivity contribution in [1.29, 1.82) is 5.26 Å². The van der Waals surface area contributed by atoms with E-state index in [0.717, 1.165) is 5.82 Å². The maximum atomic E-state index is 12.5. The van der Waals surface area contributed by atoms with E-state index in [-0.39, 0.29) is 28.7 Å². The van der Waals surface area contributed by atoms with E-state index in [1.807, 2.05) is 17.9 Å². The van der Waals surface area contributed by atoms with Crippen LogP contribution < -0.4 is 21.1 Å². The molecule has 1 aromatic rings. The molecule has 1 aromatic heterocycles. The molecule has 2 unspecified atom stereocenters. The monoisotopic (exact) mass is 493 g/mol. The lowest BCUT2D eigenvalue weighted by molar-refractivity contribution is -0.132. The minimum absolute atomic E-state index is 0.0316. The standard InChI is InChI=1S/C20H28BrN7O3/c1-14(25-16-12-24-26-20(30)19(16)21)13-31-9-4-18(29)28-7-5-27(6-8-28)17-3-2-15(10-22)11-23-17/h2-3,11,14,16,19,24-25H,4-9,12-13H2,1H3,(H,26,30)/t14-,16?,19?/m0/s1. The van der Waals surface area contributed by atoms with Crippen LogP contribution >= 0.6 is 15.9 Å². The molecule has 3 N–H and O–H groups in total. The van der Waals surface area contributed by atoms with Gasteiger partial charge in [-0.15, -0.1) is 0 Å². The molecule has 0 saturated carbocycles. The molecule has 3 atom stereocenters. The topological polar surface area (TPSA) is 123 Å². The third-order valence-corrected chi connectivity index (χ3v) is 6.35. The average Bonchev–Trinajstić information content (AvgIpc) is 2.80. The smallest absolute Gasteiger partial charge is 0.249 e. The summed E-state index contributed by atoms with van der Waals surface area (Å²) in [5.41, 5.74) is 5.97. The van der Waals surface area contributed by atoms with Gasteiger partial charge < -0.3 is 19.9 Å². The maximum Gasteiger partial charge on any atom is 0.249 e. The molecule has 0 aromatic carbocycles. The number of rotatable bonds is 8. The third kappa shape index (κ3) is 6.61. The average molecular weight is 494 g/mol. The predicted molar refractivity (Wildman–Crippen MR) is 118 cm³/mol. The quantitative estimate of drug-likeness (QED) is 0.334. The molecule has 3 rings (SSSR count). The zero-order chi connectivity index (χ0) is 22.2. The van der Waals surface area contributed by atoms with E-state index in [4.69, 9.17) is 10.00 Å². The summed E-state index contributed by atoms with van der Waals surface area (Å²) < 4.78 is 5.68. The van der Waals surface area contributed by atoms with Crippen LogP contribution in [0.3, 0.4) is 0 Å². The zero-order valence-electron chi connectivity index (χ0n) is 17.5. The van der Waals surface area contributed by atoms with Crippen molar-refractivity contribution >= 4 is 33.6 Å². The molecule has 3 heterocycles. The van der Waals surface area contributed by atoms with Gasteiger partial charge in [-0.1, -0.05) is 15.9 Å². The Morgan fingerprint density at radius 2 is 2.19 bits per heavy atom. The Morgan fingerprint density at radius 1 is 1.42 bits per heavy atom. The number of nitriles is 1. The molecule has 0 spiro atoms. The third-order valence-electron chi connectivity index (χ3n) is 5.30. The van der Waals surface area contributed by atoms with Crippen LogP contribution in [-0.4, -0.2) is 84.5 Å². The van der Waals surface area contributed by atoms with Gasteiger partial charge in [-0.05, 0) is 19.1 Å². The number of nitrogens with zero attached hydrogens (tertiary/aromatic N) is 4. The van der Waals surface area contributed by atoms with Crippen LogP contribution in [0.4, 0.5) is 5.82 Å². The molecule has 2 amide bonds. The highest BCUT2D eigenvalue weighted by molar-refractivity contribution is 9.10. The number of carbonyl (C=O) groups is 2. The molecule has 0 radical (unpaired) electrons. The molecule has 2 aliphatic heterocycles. The summed E-state index contributed by atoms with van der Waals surface area (Å²) in [4.78, 5) is 32.1. The van der Waals surface area contributed by atoms with Gasteiger partial charge in [0.25, 0.3) is 0 Å². The first-order valence-electron chi connectivity index (χ1n) is 10.4. The Morgan fingerprint density at radius 3 is 2.87 bits per heavy atom. The van der Waals surface area contributed by atoms with Crippen molar-refractivity contribution in [1.82, 2.24) is 26.1 Å². The van der Waals surface area contributed by atoms with Crippen molar-refractivity contribution in [3.63, 3.8) is 0 Å². The van der Waals surface area contributed by atoms with Gasteiger partial charge in [-0.25, -0.2) is 10.4 Å². The maximum absolute atomic E-state index is 12.5. The molecule has 10 nitrogen and oxygen atoms in total. The summed E-state index contributed by atoms with van der Waals surface area (Å²) in [6, 6.07) is 5.68. The number of aromatic nitrogens is 1. The Hall–Kier alpha value is -2.26. The highest BCUT2D eigenvalue weighted by Gasteiger charge is 2.30. The van der Waals surface area contributed by atoms with Crippen LogP contribution in [0, 0.1) is 11.3 Å². The van der Waals surface area contributed by atoms with Gasteiger partial charge in [0.1, 0.15) is 16.7 Å². The summed E-state index contributed by atoms with van der Waals surface area (Å²) >= 11 is 3.39. The Labute approximate surface area is 190 Å². The van der Waals surface area contributed by atoms with Crippen LogP contribution in [0.25, 0.3) is 0 Å². The fourth-order valence-corrected chi connectivity index (χ4v) is 4.02. The number of carbonyl (C=O) groups excluding carboxylic acids is 2. The minimum atomic E-state index is -0.295. The van der Waals surface area contributed by atoms with Crippen molar-refractivity contribution in [2.24, 2.45) is 0 Å².